The number of aliphatic hydroxyl groups is 1. The highest BCUT2D eigenvalue weighted by Crippen LogP contribution is 2.01. The number of carbonyl (C=O) groups is 6. The van der Waals surface area contributed by atoms with Crippen LogP contribution in [0, 0.1) is 0 Å². The zero-order valence-electron chi connectivity index (χ0n) is 16.6. The molecule has 0 aliphatic rings. The van der Waals surface area contributed by atoms with E-state index in [2.05, 4.69) is 23.3 Å². The lowest BCUT2D eigenvalue weighted by molar-refractivity contribution is -0.143. The highest BCUT2D eigenvalue weighted by molar-refractivity contribution is 7.80. The Morgan fingerprint density at radius 1 is 0.935 bits per heavy atom. The first-order valence-electron chi connectivity index (χ1n) is 8.98. The van der Waals surface area contributed by atoms with Gasteiger partial charge in [-0.15, -0.1) is 0 Å². The van der Waals surface area contributed by atoms with E-state index in [0.717, 1.165) is 0 Å². The number of primary amides is 1. The van der Waals surface area contributed by atoms with Crippen molar-refractivity contribution in [3.05, 3.63) is 0 Å². The lowest BCUT2D eigenvalue weighted by Crippen LogP contribution is -2.60. The van der Waals surface area contributed by atoms with Gasteiger partial charge in [-0.3, -0.25) is 24.0 Å². The molecule has 14 nitrogen and oxygen atoms in total. The van der Waals surface area contributed by atoms with Crippen molar-refractivity contribution in [2.45, 2.75) is 56.5 Å². The number of carboxylic acids is 2. The van der Waals surface area contributed by atoms with E-state index in [-0.39, 0.29) is 12.2 Å². The molecule has 0 rings (SSSR count). The third-order valence-electron chi connectivity index (χ3n) is 3.90. The van der Waals surface area contributed by atoms with Crippen LogP contribution in [-0.4, -0.2) is 86.9 Å². The fourth-order valence-electron chi connectivity index (χ4n) is 2.20. The van der Waals surface area contributed by atoms with Crippen LogP contribution in [0.1, 0.15) is 26.2 Å². The predicted octanol–water partition coefficient (Wildman–Crippen LogP) is -4.10. The van der Waals surface area contributed by atoms with Crippen molar-refractivity contribution in [1.82, 2.24) is 16.0 Å². The number of nitrogens with two attached hydrogens (primary N) is 2. The smallest absolute Gasteiger partial charge is 0.326 e. The summed E-state index contributed by atoms with van der Waals surface area (Å²) in [6.45, 7) is 1.18. The molecule has 4 amide bonds. The monoisotopic (exact) mass is 465 g/mol. The summed E-state index contributed by atoms with van der Waals surface area (Å²) in [7, 11) is 0. The second kappa shape index (κ2) is 13.4. The number of rotatable bonds is 14. The van der Waals surface area contributed by atoms with E-state index in [1.165, 1.54) is 6.92 Å². The highest BCUT2D eigenvalue weighted by Gasteiger charge is 2.32. The molecule has 0 bridgehead atoms. The molecule has 0 saturated carbocycles. The van der Waals surface area contributed by atoms with Gasteiger partial charge < -0.3 is 42.7 Å². The Kier molecular flexibility index (Phi) is 12.1. The van der Waals surface area contributed by atoms with Crippen LogP contribution in [0.25, 0.3) is 0 Å². The van der Waals surface area contributed by atoms with Crippen molar-refractivity contribution in [3.8, 4) is 0 Å². The third-order valence-corrected chi connectivity index (χ3v) is 4.27. The number of hydrogen-bond donors (Lipinski definition) is 9. The van der Waals surface area contributed by atoms with E-state index in [1.807, 2.05) is 5.32 Å². The maximum absolute atomic E-state index is 12.5. The van der Waals surface area contributed by atoms with Crippen molar-refractivity contribution in [2.75, 3.05) is 5.75 Å². The molecule has 0 saturated heterocycles. The van der Waals surface area contributed by atoms with Crippen molar-refractivity contribution in [3.63, 3.8) is 0 Å². The van der Waals surface area contributed by atoms with Crippen LogP contribution in [0.2, 0.25) is 0 Å². The molecule has 0 radical (unpaired) electrons. The average molecular weight is 465 g/mol. The van der Waals surface area contributed by atoms with E-state index in [1.54, 1.807) is 0 Å². The molecule has 0 aromatic carbocycles. The van der Waals surface area contributed by atoms with Crippen molar-refractivity contribution >= 4 is 48.2 Å². The zero-order chi connectivity index (χ0) is 24.3. The summed E-state index contributed by atoms with van der Waals surface area (Å²) in [4.78, 5) is 69.4. The fraction of sp³-hybridized carbons (Fsp3) is 0.625. The van der Waals surface area contributed by atoms with Gasteiger partial charge in [-0.25, -0.2) is 4.79 Å². The van der Waals surface area contributed by atoms with Gasteiger partial charge in [-0.05, 0) is 13.3 Å². The van der Waals surface area contributed by atoms with Gasteiger partial charge in [-0.1, -0.05) is 0 Å². The molecule has 0 aliphatic heterocycles. The summed E-state index contributed by atoms with van der Waals surface area (Å²) in [5, 5.41) is 33.9. The van der Waals surface area contributed by atoms with E-state index in [4.69, 9.17) is 21.7 Å². The quantitative estimate of drug-likeness (QED) is 0.112. The molecule has 31 heavy (non-hydrogen) atoms. The largest absolute Gasteiger partial charge is 0.481 e. The van der Waals surface area contributed by atoms with E-state index < -0.39 is 78.7 Å². The Morgan fingerprint density at radius 3 is 1.90 bits per heavy atom. The van der Waals surface area contributed by atoms with Crippen LogP contribution >= 0.6 is 12.6 Å². The molecule has 0 spiro atoms. The van der Waals surface area contributed by atoms with Crippen LogP contribution < -0.4 is 27.4 Å². The molecule has 0 heterocycles. The number of aliphatic carboxylic acids is 2. The summed E-state index contributed by atoms with van der Waals surface area (Å²) in [6.07, 6.45) is -2.72. The van der Waals surface area contributed by atoms with Crippen molar-refractivity contribution in [1.29, 1.82) is 0 Å². The number of nitrogens with one attached hydrogen (secondary N) is 3. The predicted molar refractivity (Wildman–Crippen MR) is 108 cm³/mol. The van der Waals surface area contributed by atoms with Gasteiger partial charge >= 0.3 is 11.9 Å². The normalized spacial score (nSPS) is 15.5. The molecule has 0 aromatic rings. The van der Waals surface area contributed by atoms with Gasteiger partial charge in [0, 0.05) is 12.2 Å². The Hall–Kier alpha value is -2.91. The number of carboxylic acid groups (broad SMARTS) is 2. The van der Waals surface area contributed by atoms with Crippen molar-refractivity contribution < 1.29 is 44.1 Å². The minimum atomic E-state index is -1.64. The van der Waals surface area contributed by atoms with Crippen molar-refractivity contribution in [2.24, 2.45) is 11.5 Å². The third kappa shape index (κ3) is 10.6. The standard InChI is InChI=1S/C16H27N5O9S/c1-6(22)12(21-13(26)7(17)2-3-11(24)25)15(28)20-9(5-31)14(27)19-8(16(29)30)4-10(18)23/h6-9,12,22,31H,2-5,17H2,1H3,(H2,18,23)(H,19,27)(H,20,28)(H,21,26)(H,24,25)(H,29,30). The summed E-state index contributed by atoms with van der Waals surface area (Å²) in [5.41, 5.74) is 10.5. The molecule has 176 valence electrons. The molecule has 0 fully saturated rings. The number of carbonyl (C=O) groups excluding carboxylic acids is 4. The summed E-state index contributed by atoms with van der Waals surface area (Å²) in [6, 6.07) is -5.84. The molecule has 15 heteroatoms. The molecule has 0 aliphatic carbocycles. The lowest BCUT2D eigenvalue weighted by Gasteiger charge is -2.25. The van der Waals surface area contributed by atoms with E-state index in [9.17, 15) is 33.9 Å². The molecule has 5 atom stereocenters. The van der Waals surface area contributed by atoms with Gasteiger partial charge in [0.15, 0.2) is 0 Å². The first-order valence-corrected chi connectivity index (χ1v) is 9.61. The maximum Gasteiger partial charge on any atom is 0.326 e. The molecule has 0 aromatic heterocycles. The van der Waals surface area contributed by atoms with Crippen LogP contribution in [0.4, 0.5) is 0 Å². The number of thiol groups is 1. The minimum absolute atomic E-state index is 0.215. The molecule has 5 unspecified atom stereocenters. The van der Waals surface area contributed by atoms with E-state index in [0.29, 0.717) is 0 Å². The van der Waals surface area contributed by atoms with Gasteiger partial charge in [-0.2, -0.15) is 12.6 Å². The Morgan fingerprint density at radius 2 is 1.48 bits per heavy atom. The van der Waals surface area contributed by atoms with Gasteiger partial charge in [0.1, 0.15) is 18.1 Å². The number of amides is 4. The molecule has 10 N–H and O–H groups in total. The van der Waals surface area contributed by atoms with Gasteiger partial charge in [0.25, 0.3) is 0 Å². The van der Waals surface area contributed by atoms with E-state index >= 15 is 0 Å². The summed E-state index contributed by atoms with van der Waals surface area (Å²) >= 11 is 3.90. The average Bonchev–Trinajstić information content (AvgIpc) is 2.66. The highest BCUT2D eigenvalue weighted by atomic mass is 32.1. The Balaban J connectivity index is 5.15. The zero-order valence-corrected chi connectivity index (χ0v) is 17.5. The topological polar surface area (TPSA) is 251 Å². The summed E-state index contributed by atoms with van der Waals surface area (Å²) in [5.74, 6) is -6.88. The second-order valence-corrected chi connectivity index (χ2v) is 6.94. The first-order chi connectivity index (χ1) is 14.3. The van der Waals surface area contributed by atoms with Crippen LogP contribution in [0.3, 0.4) is 0 Å². The Bertz CT molecular complexity index is 703. The summed E-state index contributed by atoms with van der Waals surface area (Å²) < 4.78 is 0. The number of hydrogen-bond acceptors (Lipinski definition) is 9. The lowest BCUT2D eigenvalue weighted by atomic mass is 10.1. The minimum Gasteiger partial charge on any atom is -0.481 e. The van der Waals surface area contributed by atoms with Crippen LogP contribution in [0.5, 0.6) is 0 Å². The SMILES string of the molecule is CC(O)C(NC(=O)C(N)CCC(=O)O)C(=O)NC(CS)C(=O)NC(CC(N)=O)C(=O)O. The van der Waals surface area contributed by atoms with Crippen LogP contribution in [0.15, 0.2) is 0 Å². The molecular formula is C16H27N5O9S. The number of aliphatic hydroxyl groups excluding tert-OH is 1. The second-order valence-electron chi connectivity index (χ2n) is 6.58. The maximum atomic E-state index is 12.5. The first kappa shape index (κ1) is 28.1. The Labute approximate surface area is 182 Å². The molecular weight excluding hydrogens is 438 g/mol. The fourth-order valence-corrected chi connectivity index (χ4v) is 2.46. The van der Waals surface area contributed by atoms with Gasteiger partial charge in [0.2, 0.25) is 23.6 Å². The van der Waals surface area contributed by atoms with Gasteiger partial charge in [0.05, 0.1) is 18.6 Å². The van der Waals surface area contributed by atoms with Crippen LogP contribution in [-0.2, 0) is 28.8 Å².